The zero-order valence-corrected chi connectivity index (χ0v) is 16.5. The molecule has 9 heteroatoms. The first-order chi connectivity index (χ1) is 14.2. The van der Waals surface area contributed by atoms with Crippen LogP contribution in [0, 0.1) is 10.1 Å². The minimum atomic E-state index is -0.434. The standard InChI is InChI=1S/C20H20N6O2S/c27-26(28)17-6-7-18(22-12-17)24-8-10-25(11-9-24)19-13-21-14-20(23-19)29-15-16-4-2-1-3-5-16/h1-7,12-14H,8-11,15H2. The van der Waals surface area contributed by atoms with Gasteiger partial charge >= 0.3 is 0 Å². The number of nitro groups is 1. The van der Waals surface area contributed by atoms with E-state index in [0.29, 0.717) is 0 Å². The van der Waals surface area contributed by atoms with E-state index in [2.05, 4.69) is 31.9 Å². The molecule has 0 atom stereocenters. The van der Waals surface area contributed by atoms with Crippen molar-refractivity contribution in [2.24, 2.45) is 0 Å². The van der Waals surface area contributed by atoms with Crippen LogP contribution in [0.2, 0.25) is 0 Å². The Labute approximate surface area is 172 Å². The molecule has 1 aromatic carbocycles. The Kier molecular flexibility index (Phi) is 5.85. The Morgan fingerprint density at radius 2 is 1.66 bits per heavy atom. The Bertz CT molecular complexity index is 962. The van der Waals surface area contributed by atoms with Gasteiger partial charge in [0, 0.05) is 38.0 Å². The minimum absolute atomic E-state index is 0.00692. The van der Waals surface area contributed by atoms with E-state index in [1.807, 2.05) is 18.2 Å². The van der Waals surface area contributed by atoms with Crippen molar-refractivity contribution in [1.82, 2.24) is 15.0 Å². The zero-order chi connectivity index (χ0) is 20.1. The number of hydrogen-bond donors (Lipinski definition) is 0. The fourth-order valence-corrected chi connectivity index (χ4v) is 3.93. The average Bonchev–Trinajstić information content (AvgIpc) is 2.79. The molecule has 0 N–H and O–H groups in total. The number of benzene rings is 1. The largest absolute Gasteiger partial charge is 0.353 e. The molecule has 0 amide bonds. The van der Waals surface area contributed by atoms with Crippen LogP contribution in [0.3, 0.4) is 0 Å². The Balaban J connectivity index is 1.35. The molecule has 3 heterocycles. The van der Waals surface area contributed by atoms with Crippen molar-refractivity contribution >= 4 is 29.1 Å². The highest BCUT2D eigenvalue weighted by atomic mass is 32.2. The van der Waals surface area contributed by atoms with Crippen molar-refractivity contribution in [1.29, 1.82) is 0 Å². The van der Waals surface area contributed by atoms with Gasteiger partial charge in [-0.2, -0.15) is 0 Å². The lowest BCUT2D eigenvalue weighted by Gasteiger charge is -2.35. The highest BCUT2D eigenvalue weighted by Gasteiger charge is 2.20. The number of aromatic nitrogens is 3. The second kappa shape index (κ2) is 8.87. The maximum atomic E-state index is 10.8. The van der Waals surface area contributed by atoms with Crippen LogP contribution in [0.1, 0.15) is 5.56 Å². The summed E-state index contributed by atoms with van der Waals surface area (Å²) in [5.74, 6) is 2.49. The fourth-order valence-electron chi connectivity index (χ4n) is 3.13. The van der Waals surface area contributed by atoms with Crippen molar-refractivity contribution < 1.29 is 4.92 Å². The first-order valence-electron chi connectivity index (χ1n) is 9.28. The molecule has 0 aliphatic carbocycles. The monoisotopic (exact) mass is 408 g/mol. The van der Waals surface area contributed by atoms with Crippen LogP contribution in [0.25, 0.3) is 0 Å². The molecule has 0 bridgehead atoms. The summed E-state index contributed by atoms with van der Waals surface area (Å²) in [5, 5.41) is 11.7. The van der Waals surface area contributed by atoms with Crippen molar-refractivity contribution in [3.8, 4) is 0 Å². The van der Waals surface area contributed by atoms with Crippen LogP contribution in [-0.2, 0) is 5.75 Å². The zero-order valence-electron chi connectivity index (χ0n) is 15.7. The van der Waals surface area contributed by atoms with Crippen molar-refractivity contribution in [2.45, 2.75) is 10.8 Å². The number of thioether (sulfide) groups is 1. The third-order valence-electron chi connectivity index (χ3n) is 4.70. The van der Waals surface area contributed by atoms with Gasteiger partial charge in [-0.25, -0.2) is 9.97 Å². The molecular weight excluding hydrogens is 388 g/mol. The summed E-state index contributed by atoms with van der Waals surface area (Å²) in [7, 11) is 0. The number of anilines is 2. The molecule has 1 saturated heterocycles. The molecule has 0 saturated carbocycles. The van der Waals surface area contributed by atoms with Crippen LogP contribution in [0.4, 0.5) is 17.3 Å². The second-order valence-electron chi connectivity index (χ2n) is 6.60. The van der Waals surface area contributed by atoms with Crippen LogP contribution in [0.5, 0.6) is 0 Å². The van der Waals surface area contributed by atoms with Crippen LogP contribution < -0.4 is 9.80 Å². The molecule has 0 radical (unpaired) electrons. The fraction of sp³-hybridized carbons (Fsp3) is 0.250. The van der Waals surface area contributed by atoms with Gasteiger partial charge in [-0.15, -0.1) is 11.8 Å². The van der Waals surface area contributed by atoms with Gasteiger partial charge in [0.25, 0.3) is 5.69 Å². The number of pyridine rings is 1. The molecule has 2 aromatic heterocycles. The number of nitrogens with zero attached hydrogens (tertiary/aromatic N) is 6. The van der Waals surface area contributed by atoms with Crippen LogP contribution in [0.15, 0.2) is 66.1 Å². The summed E-state index contributed by atoms with van der Waals surface area (Å²) < 4.78 is 0. The maximum absolute atomic E-state index is 10.8. The summed E-state index contributed by atoms with van der Waals surface area (Å²) in [6, 6.07) is 13.5. The third kappa shape index (κ3) is 4.80. The molecule has 0 unspecified atom stereocenters. The van der Waals surface area contributed by atoms with Gasteiger partial charge in [-0.05, 0) is 11.6 Å². The first-order valence-corrected chi connectivity index (χ1v) is 10.3. The van der Waals surface area contributed by atoms with Crippen molar-refractivity contribution in [2.75, 3.05) is 36.0 Å². The normalized spacial score (nSPS) is 14.1. The van der Waals surface area contributed by atoms with Gasteiger partial charge < -0.3 is 9.80 Å². The van der Waals surface area contributed by atoms with Gasteiger partial charge in [-0.3, -0.25) is 15.1 Å². The molecule has 0 spiro atoms. The maximum Gasteiger partial charge on any atom is 0.287 e. The van der Waals surface area contributed by atoms with E-state index in [1.54, 1.807) is 30.2 Å². The lowest BCUT2D eigenvalue weighted by atomic mass is 10.2. The Morgan fingerprint density at radius 3 is 2.31 bits per heavy atom. The molecule has 3 aromatic rings. The SMILES string of the molecule is O=[N+]([O-])c1ccc(N2CCN(c3cncc(SCc4ccccc4)n3)CC2)nc1. The molecule has 8 nitrogen and oxygen atoms in total. The van der Waals surface area contributed by atoms with Gasteiger partial charge in [0.05, 0.1) is 17.3 Å². The van der Waals surface area contributed by atoms with E-state index >= 15 is 0 Å². The van der Waals surface area contributed by atoms with E-state index in [-0.39, 0.29) is 5.69 Å². The smallest absolute Gasteiger partial charge is 0.287 e. The molecule has 148 valence electrons. The Hall–Kier alpha value is -3.20. The van der Waals surface area contributed by atoms with Crippen molar-refractivity contribution in [3.05, 3.63) is 76.7 Å². The van der Waals surface area contributed by atoms with Gasteiger partial charge in [0.2, 0.25) is 0 Å². The second-order valence-corrected chi connectivity index (χ2v) is 7.59. The van der Waals surface area contributed by atoms with E-state index in [1.165, 1.54) is 17.8 Å². The average molecular weight is 408 g/mol. The lowest BCUT2D eigenvalue weighted by molar-refractivity contribution is -0.385. The summed E-state index contributed by atoms with van der Waals surface area (Å²) in [5.41, 5.74) is 1.27. The molecule has 29 heavy (non-hydrogen) atoms. The molecule has 4 rings (SSSR count). The van der Waals surface area contributed by atoms with Crippen LogP contribution >= 0.6 is 11.8 Å². The van der Waals surface area contributed by atoms with E-state index < -0.39 is 4.92 Å². The molecule has 1 aliphatic heterocycles. The molecule has 1 fully saturated rings. The lowest BCUT2D eigenvalue weighted by Crippen LogP contribution is -2.47. The predicted octanol–water partition coefficient (Wildman–Crippen LogP) is 3.40. The number of piperazine rings is 1. The molecular formula is C20H20N6O2S. The van der Waals surface area contributed by atoms with E-state index in [0.717, 1.165) is 48.6 Å². The minimum Gasteiger partial charge on any atom is -0.353 e. The van der Waals surface area contributed by atoms with E-state index in [4.69, 9.17) is 4.98 Å². The highest BCUT2D eigenvalue weighted by molar-refractivity contribution is 7.98. The van der Waals surface area contributed by atoms with E-state index in [9.17, 15) is 10.1 Å². The topological polar surface area (TPSA) is 88.3 Å². The Morgan fingerprint density at radius 1 is 0.931 bits per heavy atom. The number of hydrogen-bond acceptors (Lipinski definition) is 8. The third-order valence-corrected chi connectivity index (χ3v) is 5.67. The van der Waals surface area contributed by atoms with Gasteiger partial charge in [0.1, 0.15) is 22.9 Å². The summed E-state index contributed by atoms with van der Waals surface area (Å²) in [6.07, 6.45) is 4.90. The van der Waals surface area contributed by atoms with Crippen LogP contribution in [-0.4, -0.2) is 46.1 Å². The summed E-state index contributed by atoms with van der Waals surface area (Å²) in [6.45, 7) is 3.13. The summed E-state index contributed by atoms with van der Waals surface area (Å²) >= 11 is 1.68. The quantitative estimate of drug-likeness (QED) is 0.348. The predicted molar refractivity (Wildman–Crippen MR) is 113 cm³/mol. The van der Waals surface area contributed by atoms with Gasteiger partial charge in [-0.1, -0.05) is 30.3 Å². The highest BCUT2D eigenvalue weighted by Crippen LogP contribution is 2.24. The first kappa shape index (κ1) is 19.1. The molecule has 1 aliphatic rings. The van der Waals surface area contributed by atoms with Crippen molar-refractivity contribution in [3.63, 3.8) is 0 Å². The summed E-state index contributed by atoms with van der Waals surface area (Å²) in [4.78, 5) is 28.0. The van der Waals surface area contributed by atoms with Gasteiger partial charge in [0.15, 0.2) is 0 Å². The number of rotatable bonds is 6.